The van der Waals surface area contributed by atoms with Crippen molar-refractivity contribution < 1.29 is 35.3 Å². The highest BCUT2D eigenvalue weighted by Gasteiger charge is 2.51. The van der Waals surface area contributed by atoms with Gasteiger partial charge in [0.05, 0.1) is 21.7 Å². The van der Waals surface area contributed by atoms with Crippen LogP contribution in [0.25, 0.3) is 0 Å². The quantitative estimate of drug-likeness (QED) is 0.373. The second kappa shape index (κ2) is 11.2. The van der Waals surface area contributed by atoms with Gasteiger partial charge in [-0.3, -0.25) is 4.21 Å². The summed E-state index contributed by atoms with van der Waals surface area (Å²) in [5.41, 5.74) is -2.95. The number of allylic oxidation sites excluding steroid dienone is 4. The molecule has 1 heterocycles. The van der Waals surface area contributed by atoms with Gasteiger partial charge in [-0.1, -0.05) is 42.6 Å². The molecule has 6 nitrogen and oxygen atoms in total. The van der Waals surface area contributed by atoms with E-state index in [-0.39, 0.29) is 45.6 Å². The van der Waals surface area contributed by atoms with Crippen molar-refractivity contribution in [1.29, 1.82) is 0 Å². The molecule has 2 aliphatic rings. The Morgan fingerprint density at radius 1 is 1.13 bits per heavy atom. The lowest BCUT2D eigenvalue weighted by molar-refractivity contribution is -0.258. The van der Waals surface area contributed by atoms with Gasteiger partial charge in [-0.2, -0.15) is 17.5 Å². The number of benzene rings is 2. The molecule has 0 aromatic heterocycles. The summed E-state index contributed by atoms with van der Waals surface area (Å²) in [6.45, 7) is 0.789. The molecule has 1 fully saturated rings. The maximum Gasteiger partial charge on any atom is 0.421 e. The molecule has 0 spiro atoms. The number of halogens is 4. The summed E-state index contributed by atoms with van der Waals surface area (Å²) in [7, 11) is -5.68. The predicted octanol–water partition coefficient (Wildman–Crippen LogP) is 4.44. The number of hydrogen-bond acceptors (Lipinski definition) is 6. The molecule has 39 heavy (non-hydrogen) atoms. The summed E-state index contributed by atoms with van der Waals surface area (Å²) < 4.78 is 95.0. The van der Waals surface area contributed by atoms with Crippen molar-refractivity contribution >= 4 is 43.6 Å². The molecule has 2 aromatic rings. The first-order valence-electron chi connectivity index (χ1n) is 11.9. The molecule has 0 saturated carbocycles. The average molecular weight is 603 g/mol. The van der Waals surface area contributed by atoms with Crippen molar-refractivity contribution in [3.63, 3.8) is 0 Å². The molecule has 1 unspecified atom stereocenters. The number of nitrogens with zero attached hydrogens (tertiary/aromatic N) is 2. The maximum atomic E-state index is 13.8. The third-order valence-corrected chi connectivity index (χ3v) is 10.7. The Bertz CT molecular complexity index is 1440. The van der Waals surface area contributed by atoms with Crippen LogP contribution >= 0.6 is 12.2 Å². The summed E-state index contributed by atoms with van der Waals surface area (Å²) >= 11 is 5.27. The fourth-order valence-corrected chi connectivity index (χ4v) is 7.81. The number of anilines is 1. The summed E-state index contributed by atoms with van der Waals surface area (Å²) in [4.78, 5) is 2.31. The minimum atomic E-state index is -4.89. The molecule has 2 aromatic carbocycles. The van der Waals surface area contributed by atoms with Crippen LogP contribution in [0.1, 0.15) is 18.9 Å². The van der Waals surface area contributed by atoms with Crippen LogP contribution < -0.4 is 4.90 Å². The van der Waals surface area contributed by atoms with Crippen LogP contribution in [0.5, 0.6) is 0 Å². The minimum Gasteiger partial charge on any atom is -0.376 e. The van der Waals surface area contributed by atoms with E-state index in [2.05, 4.69) is 0 Å². The lowest BCUT2D eigenvalue weighted by Gasteiger charge is -2.42. The second-order valence-electron chi connectivity index (χ2n) is 9.38. The summed E-state index contributed by atoms with van der Waals surface area (Å²) in [6.07, 6.45) is 0.250. The molecule has 0 radical (unpaired) electrons. The van der Waals surface area contributed by atoms with Crippen molar-refractivity contribution in [2.45, 2.75) is 36.1 Å². The molecular weight excluding hydrogens is 576 g/mol. The highest BCUT2D eigenvalue weighted by molar-refractivity contribution is 7.96. The Hall–Kier alpha value is -2.45. The zero-order chi connectivity index (χ0) is 28.6. The van der Waals surface area contributed by atoms with Crippen LogP contribution in [0.15, 0.2) is 76.6 Å². The molecule has 210 valence electrons. The number of hydrogen-bond donors (Lipinski definition) is 1. The largest absolute Gasteiger partial charge is 0.421 e. The topological polar surface area (TPSA) is 77.9 Å². The van der Waals surface area contributed by atoms with E-state index >= 15 is 0 Å². The Morgan fingerprint density at radius 3 is 2.44 bits per heavy atom. The highest BCUT2D eigenvalue weighted by Crippen LogP contribution is 2.39. The number of alkyl halides is 3. The van der Waals surface area contributed by atoms with Gasteiger partial charge in [0.25, 0.3) is 0 Å². The van der Waals surface area contributed by atoms with Gasteiger partial charge in [0.1, 0.15) is 5.82 Å². The maximum absolute atomic E-state index is 13.8. The number of thiocarbonyl (C=S) groups is 1. The lowest BCUT2D eigenvalue weighted by Crippen LogP contribution is -2.57. The first kappa shape index (κ1) is 29.5. The number of sulfonamides is 1. The SMILES string of the molecule is CC(O)(c1ccc(N2CCN(S(=O)(=O)C3=CC=CCC3=S)C[C@@H]2C[S@@](=O)c2cccc(F)c2)cc1)C(F)(F)F. The first-order chi connectivity index (χ1) is 18.2. The molecule has 1 aliphatic carbocycles. The Kier molecular flexibility index (Phi) is 8.48. The van der Waals surface area contributed by atoms with Crippen molar-refractivity contribution in [2.75, 3.05) is 30.3 Å². The third kappa shape index (κ3) is 6.17. The fourth-order valence-electron chi connectivity index (χ4n) is 4.44. The molecule has 0 bridgehead atoms. The van der Waals surface area contributed by atoms with E-state index < -0.39 is 44.5 Å². The van der Waals surface area contributed by atoms with Crippen molar-refractivity contribution in [3.05, 3.63) is 83.0 Å². The van der Waals surface area contributed by atoms with Gasteiger partial charge in [0.2, 0.25) is 10.0 Å². The molecular formula is C26H26F4N2O4S3. The van der Waals surface area contributed by atoms with E-state index in [0.29, 0.717) is 19.0 Å². The van der Waals surface area contributed by atoms with Crippen molar-refractivity contribution in [3.8, 4) is 0 Å². The van der Waals surface area contributed by atoms with E-state index in [1.807, 2.05) is 0 Å². The summed E-state index contributed by atoms with van der Waals surface area (Å²) in [6, 6.07) is 9.74. The van der Waals surface area contributed by atoms with Crippen LogP contribution in [0.3, 0.4) is 0 Å². The van der Waals surface area contributed by atoms with Crippen LogP contribution in [-0.4, -0.2) is 64.5 Å². The molecule has 1 aliphatic heterocycles. The average Bonchev–Trinajstić information content (AvgIpc) is 2.88. The molecule has 3 atom stereocenters. The summed E-state index contributed by atoms with van der Waals surface area (Å²) in [5.74, 6) is -0.635. The van der Waals surface area contributed by atoms with Gasteiger partial charge in [-0.25, -0.2) is 12.8 Å². The molecule has 1 saturated heterocycles. The molecule has 1 N–H and O–H groups in total. The first-order valence-corrected chi connectivity index (χ1v) is 15.1. The van der Waals surface area contributed by atoms with Crippen LogP contribution in [0.2, 0.25) is 0 Å². The molecule has 0 amide bonds. The van der Waals surface area contributed by atoms with Crippen molar-refractivity contribution in [1.82, 2.24) is 4.31 Å². The number of rotatable bonds is 7. The second-order valence-corrected chi connectivity index (χ2v) is 13.3. The number of piperazine rings is 1. The van der Waals surface area contributed by atoms with E-state index in [1.165, 1.54) is 40.7 Å². The highest BCUT2D eigenvalue weighted by atomic mass is 32.2. The van der Waals surface area contributed by atoms with Gasteiger partial charge >= 0.3 is 6.18 Å². The third-order valence-electron chi connectivity index (χ3n) is 6.74. The fraction of sp³-hybridized carbons (Fsp3) is 0.346. The molecule has 13 heteroatoms. The van der Waals surface area contributed by atoms with Gasteiger partial charge in [0.15, 0.2) is 5.60 Å². The summed E-state index contributed by atoms with van der Waals surface area (Å²) in [5, 5.41) is 10.0. The van der Waals surface area contributed by atoms with E-state index in [4.69, 9.17) is 12.2 Å². The Labute approximate surface area is 232 Å². The van der Waals surface area contributed by atoms with Crippen LogP contribution in [0.4, 0.5) is 23.2 Å². The van der Waals surface area contributed by atoms with E-state index in [0.717, 1.165) is 18.2 Å². The monoisotopic (exact) mass is 602 g/mol. The van der Waals surface area contributed by atoms with Crippen LogP contribution in [0, 0.1) is 5.82 Å². The standard InChI is InChI=1S/C26H26F4N2O4S3/c1-25(33,26(28,29)30)18-9-11-20(12-10-18)32-14-13-31(39(35,36)24-8-3-2-7-23(24)37)16-21(32)17-38(34)22-6-4-5-19(27)15-22/h2-6,8-12,15,21,33H,7,13-14,16-17H2,1H3/t21-,25?,38-/m1/s1. The lowest BCUT2D eigenvalue weighted by atomic mass is 9.95. The van der Waals surface area contributed by atoms with Crippen LogP contribution in [-0.2, 0) is 26.4 Å². The van der Waals surface area contributed by atoms with Gasteiger partial charge < -0.3 is 10.0 Å². The van der Waals surface area contributed by atoms with Gasteiger partial charge in [0, 0.05) is 47.3 Å². The normalized spacial score (nSPS) is 21.4. The van der Waals surface area contributed by atoms with Gasteiger partial charge in [-0.15, -0.1) is 0 Å². The predicted molar refractivity (Wildman–Crippen MR) is 146 cm³/mol. The van der Waals surface area contributed by atoms with Gasteiger partial charge in [-0.05, 0) is 48.9 Å². The Morgan fingerprint density at radius 2 is 1.82 bits per heavy atom. The molecule has 4 rings (SSSR count). The smallest absolute Gasteiger partial charge is 0.376 e. The van der Waals surface area contributed by atoms with E-state index in [1.54, 1.807) is 17.1 Å². The zero-order valence-electron chi connectivity index (χ0n) is 20.8. The zero-order valence-corrected chi connectivity index (χ0v) is 23.2. The Balaban J connectivity index is 1.65. The number of aliphatic hydroxyl groups is 1. The minimum absolute atomic E-state index is 0.0252. The van der Waals surface area contributed by atoms with Crippen molar-refractivity contribution in [2.24, 2.45) is 0 Å². The van der Waals surface area contributed by atoms with E-state index in [9.17, 15) is 35.3 Å².